The molecule has 1 aliphatic carbocycles. The molecule has 7 heteroatoms. The number of urea groups is 1. The van der Waals surface area contributed by atoms with Crippen molar-refractivity contribution in [3.8, 4) is 0 Å². The van der Waals surface area contributed by atoms with Gasteiger partial charge in [0, 0.05) is 20.1 Å². The molecule has 1 fully saturated rings. The molecule has 0 bridgehead atoms. The number of hydrogen-bond acceptors (Lipinski definition) is 3. The molecule has 1 unspecified atom stereocenters. The summed E-state index contributed by atoms with van der Waals surface area (Å²) in [6.45, 7) is 1.92. The molecule has 0 radical (unpaired) electrons. The maximum Gasteiger partial charge on any atom is 0.321 e. The van der Waals surface area contributed by atoms with E-state index in [-0.39, 0.29) is 24.4 Å². The Kier molecular flexibility index (Phi) is 7.31. The number of likely N-dealkylation sites (N-methyl/N-ethyl adjacent to an activating group) is 2. The van der Waals surface area contributed by atoms with Crippen molar-refractivity contribution in [3.63, 3.8) is 0 Å². The number of nitrogens with one attached hydrogen (secondary N) is 3. The number of carbonyl (C=O) groups excluding carboxylic acids is 3. The molecule has 3 N–H and O–H groups in total. The van der Waals surface area contributed by atoms with E-state index < -0.39 is 12.1 Å². The Bertz CT molecular complexity index is 406. The number of imide groups is 1. The summed E-state index contributed by atoms with van der Waals surface area (Å²) in [6.07, 6.45) is 5.40. The normalized spacial score (nSPS) is 18.2. The van der Waals surface area contributed by atoms with Gasteiger partial charge in [-0.3, -0.25) is 14.9 Å². The Balaban J connectivity index is 2.38. The largest absolute Gasteiger partial charge is 0.344 e. The second-order valence-corrected chi connectivity index (χ2v) is 6.33. The smallest absolute Gasteiger partial charge is 0.321 e. The van der Waals surface area contributed by atoms with Crippen molar-refractivity contribution < 1.29 is 19.3 Å². The van der Waals surface area contributed by atoms with Crippen LogP contribution in [0, 0.1) is 0 Å². The van der Waals surface area contributed by atoms with Crippen molar-refractivity contribution >= 4 is 17.8 Å². The first kappa shape index (κ1) is 18.4. The number of rotatable bonds is 5. The Labute approximate surface area is 132 Å². The van der Waals surface area contributed by atoms with Crippen LogP contribution < -0.4 is 15.5 Å². The third-order valence-corrected chi connectivity index (χ3v) is 4.24. The molecule has 126 valence electrons. The lowest BCUT2D eigenvalue weighted by atomic mass is 9.96. The third-order valence-electron chi connectivity index (χ3n) is 4.24. The zero-order valence-corrected chi connectivity index (χ0v) is 14.1. The minimum absolute atomic E-state index is 0.0520. The monoisotopic (exact) mass is 313 g/mol. The van der Waals surface area contributed by atoms with Gasteiger partial charge in [-0.05, 0) is 19.8 Å². The first-order valence-corrected chi connectivity index (χ1v) is 7.95. The van der Waals surface area contributed by atoms with E-state index >= 15 is 0 Å². The van der Waals surface area contributed by atoms with E-state index in [0.717, 1.165) is 30.6 Å². The predicted molar refractivity (Wildman–Crippen MR) is 83.5 cm³/mol. The summed E-state index contributed by atoms with van der Waals surface area (Å²) in [5.74, 6) is -0.416. The molecule has 0 aromatic carbocycles. The maximum atomic E-state index is 12.1. The minimum Gasteiger partial charge on any atom is -0.344 e. The number of hydrogen-bond donors (Lipinski definition) is 3. The fraction of sp³-hybridized carbons (Fsp3) is 0.800. The summed E-state index contributed by atoms with van der Waals surface area (Å²) in [4.78, 5) is 37.8. The lowest BCUT2D eigenvalue weighted by Crippen LogP contribution is -3.15. The van der Waals surface area contributed by atoms with Gasteiger partial charge in [0.2, 0.25) is 0 Å². The first-order valence-electron chi connectivity index (χ1n) is 7.95. The topological polar surface area (TPSA) is 83.0 Å². The molecular weight excluding hydrogens is 284 g/mol. The van der Waals surface area contributed by atoms with Crippen LogP contribution in [0.3, 0.4) is 0 Å². The van der Waals surface area contributed by atoms with E-state index in [0.29, 0.717) is 0 Å². The molecule has 1 saturated carbocycles. The van der Waals surface area contributed by atoms with Gasteiger partial charge in [-0.1, -0.05) is 19.3 Å². The summed E-state index contributed by atoms with van der Waals surface area (Å²) < 4.78 is 0. The van der Waals surface area contributed by atoms with Crippen LogP contribution >= 0.6 is 0 Å². The molecular formula is C15H29N4O3+. The SMILES string of the molecule is C[C@@H](C(=O)NC(=O)NC1CCCCC1)[NH+](C)CC(=O)N(C)C. The second-order valence-electron chi connectivity index (χ2n) is 6.33. The number of amides is 4. The highest BCUT2D eigenvalue weighted by molar-refractivity contribution is 5.96. The fourth-order valence-electron chi connectivity index (χ4n) is 2.46. The Hall–Kier alpha value is -1.63. The number of quaternary nitrogens is 1. The molecule has 1 rings (SSSR count). The van der Waals surface area contributed by atoms with Crippen molar-refractivity contribution in [3.05, 3.63) is 0 Å². The standard InChI is InChI=1S/C15H28N4O3/c1-11(19(4)10-13(20)18(2)3)14(21)17-15(22)16-12-8-6-5-7-9-12/h11-12H,5-10H2,1-4H3,(H2,16,17,21,22)/p+1/t11-/m0/s1. The maximum absolute atomic E-state index is 12.1. The Morgan fingerprint density at radius 1 is 1.18 bits per heavy atom. The van der Waals surface area contributed by atoms with Crippen LogP contribution in [-0.4, -0.2) is 62.5 Å². The summed E-state index contributed by atoms with van der Waals surface area (Å²) in [7, 11) is 5.13. The number of carbonyl (C=O) groups is 3. The zero-order chi connectivity index (χ0) is 16.7. The van der Waals surface area contributed by atoms with E-state index in [9.17, 15) is 14.4 Å². The van der Waals surface area contributed by atoms with Crippen molar-refractivity contribution in [1.29, 1.82) is 0 Å². The molecule has 0 aromatic heterocycles. The van der Waals surface area contributed by atoms with Gasteiger partial charge in [0.1, 0.15) is 0 Å². The van der Waals surface area contributed by atoms with E-state index in [2.05, 4.69) is 10.6 Å². The van der Waals surface area contributed by atoms with Gasteiger partial charge < -0.3 is 15.1 Å². The van der Waals surface area contributed by atoms with Gasteiger partial charge >= 0.3 is 6.03 Å². The van der Waals surface area contributed by atoms with Crippen molar-refractivity contribution in [2.45, 2.75) is 51.1 Å². The van der Waals surface area contributed by atoms with Crippen molar-refractivity contribution in [2.24, 2.45) is 0 Å². The molecule has 0 aromatic rings. The predicted octanol–water partition coefficient (Wildman–Crippen LogP) is -0.864. The van der Waals surface area contributed by atoms with Crippen LogP contribution in [0.5, 0.6) is 0 Å². The Morgan fingerprint density at radius 3 is 2.32 bits per heavy atom. The highest BCUT2D eigenvalue weighted by Gasteiger charge is 2.26. The molecule has 22 heavy (non-hydrogen) atoms. The van der Waals surface area contributed by atoms with E-state index in [1.54, 1.807) is 28.1 Å². The van der Waals surface area contributed by atoms with Crippen LogP contribution in [0.25, 0.3) is 0 Å². The van der Waals surface area contributed by atoms with Gasteiger partial charge in [0.25, 0.3) is 11.8 Å². The molecule has 0 spiro atoms. The molecule has 1 aliphatic rings. The highest BCUT2D eigenvalue weighted by atomic mass is 16.2. The van der Waals surface area contributed by atoms with E-state index in [1.165, 1.54) is 11.3 Å². The molecule has 7 nitrogen and oxygen atoms in total. The second kappa shape index (κ2) is 8.73. The molecule has 0 heterocycles. The van der Waals surface area contributed by atoms with Crippen LogP contribution in [0.15, 0.2) is 0 Å². The lowest BCUT2D eigenvalue weighted by Gasteiger charge is -2.24. The first-order chi connectivity index (χ1) is 10.3. The van der Waals surface area contributed by atoms with Crippen molar-refractivity contribution in [2.75, 3.05) is 27.7 Å². The average molecular weight is 313 g/mol. The van der Waals surface area contributed by atoms with Crippen LogP contribution in [0.1, 0.15) is 39.0 Å². The fourth-order valence-corrected chi connectivity index (χ4v) is 2.46. The van der Waals surface area contributed by atoms with Gasteiger partial charge in [-0.2, -0.15) is 0 Å². The van der Waals surface area contributed by atoms with Gasteiger partial charge in [0.05, 0.1) is 7.05 Å². The van der Waals surface area contributed by atoms with E-state index in [1.807, 2.05) is 0 Å². The quantitative estimate of drug-likeness (QED) is 0.617. The highest BCUT2D eigenvalue weighted by Crippen LogP contribution is 2.17. The molecule has 0 aliphatic heterocycles. The average Bonchev–Trinajstić information content (AvgIpc) is 2.46. The number of nitrogens with zero attached hydrogens (tertiary/aromatic N) is 1. The summed E-state index contributed by atoms with van der Waals surface area (Å²) in [5.41, 5.74) is 0. The molecule has 2 atom stereocenters. The van der Waals surface area contributed by atoms with Gasteiger partial charge in [0.15, 0.2) is 12.6 Å². The zero-order valence-electron chi connectivity index (χ0n) is 14.1. The summed E-state index contributed by atoms with van der Waals surface area (Å²) in [5, 5.41) is 5.22. The molecule has 0 saturated heterocycles. The summed E-state index contributed by atoms with van der Waals surface area (Å²) in [6, 6.07) is -0.742. The van der Waals surface area contributed by atoms with E-state index in [4.69, 9.17) is 0 Å². The minimum atomic E-state index is -0.471. The lowest BCUT2D eigenvalue weighted by molar-refractivity contribution is -0.886. The van der Waals surface area contributed by atoms with Crippen LogP contribution in [0.4, 0.5) is 4.79 Å². The van der Waals surface area contributed by atoms with Crippen LogP contribution in [0.2, 0.25) is 0 Å². The summed E-state index contributed by atoms with van der Waals surface area (Å²) >= 11 is 0. The van der Waals surface area contributed by atoms with Crippen LogP contribution in [-0.2, 0) is 9.59 Å². The third kappa shape index (κ3) is 6.01. The Morgan fingerprint density at radius 2 is 1.77 bits per heavy atom. The van der Waals surface area contributed by atoms with Gasteiger partial charge in [-0.15, -0.1) is 0 Å². The van der Waals surface area contributed by atoms with Crippen molar-refractivity contribution in [1.82, 2.24) is 15.5 Å². The van der Waals surface area contributed by atoms with Gasteiger partial charge in [-0.25, -0.2) is 4.79 Å². The molecule has 4 amide bonds.